The van der Waals surface area contributed by atoms with Gasteiger partial charge < -0.3 is 20.0 Å². The summed E-state index contributed by atoms with van der Waals surface area (Å²) in [6.45, 7) is 4.54. The number of carbonyl (C=O) groups excluding carboxylic acids is 2. The summed E-state index contributed by atoms with van der Waals surface area (Å²) in [5.41, 5.74) is 0. The van der Waals surface area contributed by atoms with Gasteiger partial charge in [-0.25, -0.2) is 0 Å². The molecule has 0 aromatic carbocycles. The Labute approximate surface area is 128 Å². The Bertz CT molecular complexity index is 477. The number of hydrogen-bond donors (Lipinski definition) is 2. The van der Waals surface area contributed by atoms with E-state index in [2.05, 4.69) is 20.8 Å². The van der Waals surface area contributed by atoms with Crippen molar-refractivity contribution in [1.29, 1.82) is 0 Å². The molecule has 1 aromatic rings. The summed E-state index contributed by atoms with van der Waals surface area (Å²) in [5.74, 6) is 0.152. The fraction of sp³-hybridized carbons (Fsp3) is 0.667. The van der Waals surface area contributed by atoms with Crippen molar-refractivity contribution in [2.24, 2.45) is 0 Å². The van der Waals surface area contributed by atoms with Crippen LogP contribution in [0.3, 0.4) is 0 Å². The maximum absolute atomic E-state index is 11.7. The van der Waals surface area contributed by atoms with Crippen molar-refractivity contribution in [2.45, 2.75) is 31.7 Å². The van der Waals surface area contributed by atoms with Crippen LogP contribution in [0.5, 0.6) is 0 Å². The number of aromatic nitrogens is 2. The molecule has 0 saturated carbocycles. The van der Waals surface area contributed by atoms with E-state index in [-0.39, 0.29) is 17.6 Å². The van der Waals surface area contributed by atoms with Gasteiger partial charge in [-0.3, -0.25) is 9.59 Å². The first kappa shape index (κ1) is 17.4. The van der Waals surface area contributed by atoms with Crippen LogP contribution in [0.1, 0.15) is 19.7 Å². The minimum absolute atomic E-state index is 0.118. The normalized spacial score (nSPS) is 12.2. The molecule has 2 N–H and O–H groups in total. The quantitative estimate of drug-likeness (QED) is 0.644. The molecule has 2 amide bonds. The zero-order chi connectivity index (χ0) is 15.8. The van der Waals surface area contributed by atoms with Gasteiger partial charge in [0.25, 0.3) is 5.22 Å². The lowest BCUT2D eigenvalue weighted by Gasteiger charge is -2.12. The predicted octanol–water partition coefficient (Wildman–Crippen LogP) is -0.136. The summed E-state index contributed by atoms with van der Waals surface area (Å²) in [7, 11) is 3.79. The lowest BCUT2D eigenvalue weighted by atomic mass is 10.3. The molecule has 0 aliphatic heterocycles. The fourth-order valence-corrected chi connectivity index (χ4v) is 2.03. The molecule has 21 heavy (non-hydrogen) atoms. The summed E-state index contributed by atoms with van der Waals surface area (Å²) in [6.07, 6.45) is 0. The van der Waals surface area contributed by atoms with E-state index in [4.69, 9.17) is 4.42 Å². The third-order valence-electron chi connectivity index (χ3n) is 2.35. The topological polar surface area (TPSA) is 100 Å². The van der Waals surface area contributed by atoms with Gasteiger partial charge in [-0.15, -0.1) is 10.2 Å². The summed E-state index contributed by atoms with van der Waals surface area (Å²) < 4.78 is 5.38. The second-order valence-corrected chi connectivity index (χ2v) is 5.60. The predicted molar refractivity (Wildman–Crippen MR) is 78.7 cm³/mol. The van der Waals surface area contributed by atoms with Crippen LogP contribution in [-0.2, 0) is 16.1 Å². The van der Waals surface area contributed by atoms with Crippen LogP contribution in [0.15, 0.2) is 9.64 Å². The molecule has 0 unspecified atom stereocenters. The lowest BCUT2D eigenvalue weighted by Crippen LogP contribution is -2.45. The Morgan fingerprint density at radius 2 is 2.10 bits per heavy atom. The summed E-state index contributed by atoms with van der Waals surface area (Å²) >= 11 is 1.14. The smallest absolute Gasteiger partial charge is 0.277 e. The Kier molecular flexibility index (Phi) is 7.17. The number of rotatable bonds is 8. The van der Waals surface area contributed by atoms with Crippen molar-refractivity contribution in [3.8, 4) is 0 Å². The molecular formula is C12H21N5O3S. The van der Waals surface area contributed by atoms with E-state index in [1.54, 1.807) is 6.92 Å². The second-order valence-electron chi connectivity index (χ2n) is 4.67. The van der Waals surface area contributed by atoms with Gasteiger partial charge in [0.2, 0.25) is 17.7 Å². The van der Waals surface area contributed by atoms with E-state index in [1.807, 2.05) is 25.9 Å². The molecule has 0 aliphatic rings. The molecule has 0 spiro atoms. The van der Waals surface area contributed by atoms with Gasteiger partial charge >= 0.3 is 0 Å². The monoisotopic (exact) mass is 315 g/mol. The number of nitrogens with one attached hydrogen (secondary N) is 2. The van der Waals surface area contributed by atoms with Crippen molar-refractivity contribution in [3.05, 3.63) is 5.89 Å². The summed E-state index contributed by atoms with van der Waals surface area (Å²) in [5, 5.41) is 13.3. The van der Waals surface area contributed by atoms with Crippen LogP contribution in [0.2, 0.25) is 0 Å². The standard InChI is InChI=1S/C12H21N5O3S/c1-5-13-11(19)8(2)14-9(18)7-21-12-16-15-10(20-12)6-17(3)4/h8H,5-7H2,1-4H3,(H,13,19)(H,14,18)/t8-/m0/s1. The minimum atomic E-state index is -0.565. The Balaban J connectivity index is 2.35. The van der Waals surface area contributed by atoms with Gasteiger partial charge in [0.1, 0.15) is 6.04 Å². The zero-order valence-corrected chi connectivity index (χ0v) is 13.5. The van der Waals surface area contributed by atoms with Gasteiger partial charge in [-0.1, -0.05) is 11.8 Å². The van der Waals surface area contributed by atoms with Crippen LogP contribution in [0.25, 0.3) is 0 Å². The highest BCUT2D eigenvalue weighted by Crippen LogP contribution is 2.16. The average molecular weight is 315 g/mol. The molecule has 0 fully saturated rings. The molecule has 1 heterocycles. The van der Waals surface area contributed by atoms with Gasteiger partial charge in [0.05, 0.1) is 12.3 Å². The fourth-order valence-electron chi connectivity index (χ4n) is 1.43. The van der Waals surface area contributed by atoms with E-state index in [9.17, 15) is 9.59 Å². The summed E-state index contributed by atoms with van der Waals surface area (Å²) in [4.78, 5) is 25.1. The Hall–Kier alpha value is -1.61. The Morgan fingerprint density at radius 1 is 1.38 bits per heavy atom. The molecule has 1 atom stereocenters. The third-order valence-corrected chi connectivity index (χ3v) is 3.17. The largest absolute Gasteiger partial charge is 0.415 e. The third kappa shape index (κ3) is 6.58. The number of carbonyl (C=O) groups is 2. The van der Waals surface area contributed by atoms with E-state index >= 15 is 0 Å². The second kappa shape index (κ2) is 8.63. The number of thioether (sulfide) groups is 1. The van der Waals surface area contributed by atoms with Crippen LogP contribution in [0.4, 0.5) is 0 Å². The number of hydrogen-bond acceptors (Lipinski definition) is 7. The molecule has 1 aromatic heterocycles. The van der Waals surface area contributed by atoms with E-state index < -0.39 is 6.04 Å². The lowest BCUT2D eigenvalue weighted by molar-refractivity contribution is -0.127. The molecule has 0 radical (unpaired) electrons. The molecule has 118 valence electrons. The van der Waals surface area contributed by atoms with Gasteiger partial charge in [-0.2, -0.15) is 0 Å². The molecule has 8 nitrogen and oxygen atoms in total. The first-order valence-corrected chi connectivity index (χ1v) is 7.58. The number of amides is 2. The van der Waals surface area contributed by atoms with Crippen molar-refractivity contribution in [3.63, 3.8) is 0 Å². The molecule has 0 saturated heterocycles. The number of likely N-dealkylation sites (N-methyl/N-ethyl adjacent to an activating group) is 1. The van der Waals surface area contributed by atoms with Gasteiger partial charge in [0, 0.05) is 6.54 Å². The van der Waals surface area contributed by atoms with Crippen LogP contribution in [0, 0.1) is 0 Å². The van der Waals surface area contributed by atoms with Crippen LogP contribution >= 0.6 is 11.8 Å². The zero-order valence-electron chi connectivity index (χ0n) is 12.7. The summed E-state index contributed by atoms with van der Waals surface area (Å²) in [6, 6.07) is -0.565. The molecule has 9 heteroatoms. The SMILES string of the molecule is CCNC(=O)[C@H](C)NC(=O)CSc1nnc(CN(C)C)o1. The first-order valence-electron chi connectivity index (χ1n) is 6.59. The minimum Gasteiger partial charge on any atom is -0.415 e. The maximum Gasteiger partial charge on any atom is 0.277 e. The molecule has 0 aliphatic carbocycles. The molecular weight excluding hydrogens is 294 g/mol. The number of nitrogens with zero attached hydrogens (tertiary/aromatic N) is 3. The van der Waals surface area contributed by atoms with E-state index in [0.717, 1.165) is 11.8 Å². The van der Waals surface area contributed by atoms with Gasteiger partial charge in [-0.05, 0) is 27.9 Å². The maximum atomic E-state index is 11.7. The van der Waals surface area contributed by atoms with Crippen LogP contribution < -0.4 is 10.6 Å². The van der Waals surface area contributed by atoms with E-state index in [1.165, 1.54) is 0 Å². The van der Waals surface area contributed by atoms with Crippen molar-refractivity contribution < 1.29 is 14.0 Å². The first-order chi connectivity index (χ1) is 9.92. The Morgan fingerprint density at radius 3 is 2.71 bits per heavy atom. The highest BCUT2D eigenvalue weighted by Gasteiger charge is 2.16. The highest BCUT2D eigenvalue weighted by molar-refractivity contribution is 7.99. The van der Waals surface area contributed by atoms with Crippen molar-refractivity contribution >= 4 is 23.6 Å². The molecule has 0 bridgehead atoms. The van der Waals surface area contributed by atoms with E-state index in [0.29, 0.717) is 24.2 Å². The van der Waals surface area contributed by atoms with Gasteiger partial charge in [0.15, 0.2) is 0 Å². The highest BCUT2D eigenvalue weighted by atomic mass is 32.2. The van der Waals surface area contributed by atoms with Crippen molar-refractivity contribution in [2.75, 3.05) is 26.4 Å². The molecule has 1 rings (SSSR count). The van der Waals surface area contributed by atoms with Crippen molar-refractivity contribution in [1.82, 2.24) is 25.7 Å². The average Bonchev–Trinajstić information content (AvgIpc) is 2.83. The van der Waals surface area contributed by atoms with Crippen LogP contribution in [-0.4, -0.2) is 59.3 Å².